The molecule has 1 N–H and O–H groups in total. The van der Waals surface area contributed by atoms with Crippen molar-refractivity contribution in [1.29, 1.82) is 0 Å². The summed E-state index contributed by atoms with van der Waals surface area (Å²) in [7, 11) is 1.35. The smallest absolute Gasteiger partial charge is 0.337 e. The summed E-state index contributed by atoms with van der Waals surface area (Å²) in [4.78, 5) is 24.7. The number of ether oxygens (including phenoxy) is 1. The van der Waals surface area contributed by atoms with Gasteiger partial charge in [-0.3, -0.25) is 0 Å². The summed E-state index contributed by atoms with van der Waals surface area (Å²) in [6.07, 6.45) is 0. The van der Waals surface area contributed by atoms with Gasteiger partial charge in [-0.1, -0.05) is 12.1 Å². The molecule has 0 atom stereocenters. The topological polar surface area (TPSA) is 58.6 Å². The Hall–Kier alpha value is -2.04. The van der Waals surface area contributed by atoms with E-state index in [4.69, 9.17) is 0 Å². The summed E-state index contributed by atoms with van der Waals surface area (Å²) in [5.41, 5.74) is 1.44. The molecule has 0 aromatic heterocycles. The second-order valence-electron chi connectivity index (χ2n) is 4.02. The van der Waals surface area contributed by atoms with Crippen molar-refractivity contribution in [2.75, 3.05) is 20.2 Å². The molecule has 1 aromatic carbocycles. The van der Waals surface area contributed by atoms with Crippen molar-refractivity contribution < 1.29 is 14.3 Å². The number of carbonyl (C=O) groups is 2. The van der Waals surface area contributed by atoms with Crippen LogP contribution in [0.4, 0.5) is 4.79 Å². The number of esters is 1. The summed E-state index contributed by atoms with van der Waals surface area (Å²) in [6, 6.07) is 6.89. The highest BCUT2D eigenvalue weighted by Gasteiger charge is 2.09. The molecule has 0 aliphatic rings. The Bertz CT molecular complexity index is 425. The Kier molecular flexibility index (Phi) is 5.85. The van der Waals surface area contributed by atoms with Crippen molar-refractivity contribution in [2.45, 2.75) is 20.4 Å². The van der Waals surface area contributed by atoms with Crippen LogP contribution in [0.25, 0.3) is 0 Å². The van der Waals surface area contributed by atoms with E-state index in [1.54, 1.807) is 29.2 Å². The third kappa shape index (κ3) is 4.28. The SMILES string of the molecule is CCN(CC)C(=O)NCc1ccc(C(=O)OC)cc1. The molecule has 0 radical (unpaired) electrons. The van der Waals surface area contributed by atoms with Gasteiger partial charge in [-0.2, -0.15) is 0 Å². The van der Waals surface area contributed by atoms with Crippen molar-refractivity contribution in [3.05, 3.63) is 35.4 Å². The lowest BCUT2D eigenvalue weighted by molar-refractivity contribution is 0.0600. The zero-order valence-corrected chi connectivity index (χ0v) is 11.6. The number of hydrogen-bond donors (Lipinski definition) is 1. The monoisotopic (exact) mass is 264 g/mol. The first-order valence-corrected chi connectivity index (χ1v) is 6.32. The van der Waals surface area contributed by atoms with Gasteiger partial charge in [0.1, 0.15) is 0 Å². The van der Waals surface area contributed by atoms with E-state index >= 15 is 0 Å². The van der Waals surface area contributed by atoms with Gasteiger partial charge in [0.25, 0.3) is 0 Å². The Morgan fingerprint density at radius 3 is 2.21 bits per heavy atom. The van der Waals surface area contributed by atoms with Crippen molar-refractivity contribution in [2.24, 2.45) is 0 Å². The predicted molar refractivity (Wildman–Crippen MR) is 72.9 cm³/mol. The molecular weight excluding hydrogens is 244 g/mol. The number of hydrogen-bond acceptors (Lipinski definition) is 3. The van der Waals surface area contributed by atoms with E-state index < -0.39 is 0 Å². The third-order valence-electron chi connectivity index (χ3n) is 2.87. The van der Waals surface area contributed by atoms with E-state index in [0.29, 0.717) is 25.2 Å². The quantitative estimate of drug-likeness (QED) is 0.828. The molecule has 0 aliphatic heterocycles. The fraction of sp³-hybridized carbons (Fsp3) is 0.429. The van der Waals surface area contributed by atoms with E-state index in [2.05, 4.69) is 10.1 Å². The van der Waals surface area contributed by atoms with Crippen LogP contribution in [-0.2, 0) is 11.3 Å². The highest BCUT2D eigenvalue weighted by molar-refractivity contribution is 5.89. The molecule has 0 heterocycles. The van der Waals surface area contributed by atoms with Crippen LogP contribution < -0.4 is 5.32 Å². The normalized spacial score (nSPS) is 9.84. The van der Waals surface area contributed by atoms with Gasteiger partial charge in [0.05, 0.1) is 12.7 Å². The molecule has 1 rings (SSSR count). The van der Waals surface area contributed by atoms with Crippen LogP contribution in [-0.4, -0.2) is 37.1 Å². The van der Waals surface area contributed by atoms with Crippen molar-refractivity contribution in [1.82, 2.24) is 10.2 Å². The average Bonchev–Trinajstić information content (AvgIpc) is 2.46. The third-order valence-corrected chi connectivity index (χ3v) is 2.87. The summed E-state index contributed by atoms with van der Waals surface area (Å²) in [5.74, 6) is -0.362. The first kappa shape index (κ1) is 15.0. The lowest BCUT2D eigenvalue weighted by Crippen LogP contribution is -2.39. The second kappa shape index (κ2) is 7.41. The molecule has 19 heavy (non-hydrogen) atoms. The Morgan fingerprint density at radius 1 is 1.16 bits per heavy atom. The number of methoxy groups -OCH3 is 1. The van der Waals surface area contributed by atoms with Crippen LogP contribution in [0.2, 0.25) is 0 Å². The molecule has 0 bridgehead atoms. The Balaban J connectivity index is 2.54. The maximum absolute atomic E-state index is 11.7. The van der Waals surface area contributed by atoms with Crippen LogP contribution >= 0.6 is 0 Å². The lowest BCUT2D eigenvalue weighted by atomic mass is 10.1. The minimum atomic E-state index is -0.362. The zero-order valence-electron chi connectivity index (χ0n) is 11.6. The molecule has 0 fully saturated rings. The van der Waals surface area contributed by atoms with Crippen molar-refractivity contribution >= 4 is 12.0 Å². The Labute approximate surface area is 113 Å². The minimum absolute atomic E-state index is 0.0814. The number of benzene rings is 1. The summed E-state index contributed by atoms with van der Waals surface area (Å²) >= 11 is 0. The number of nitrogens with one attached hydrogen (secondary N) is 1. The van der Waals surface area contributed by atoms with E-state index in [1.807, 2.05) is 13.8 Å². The molecule has 5 nitrogen and oxygen atoms in total. The van der Waals surface area contributed by atoms with Crippen LogP contribution in [0, 0.1) is 0 Å². The fourth-order valence-electron chi connectivity index (χ4n) is 1.68. The highest BCUT2D eigenvalue weighted by atomic mass is 16.5. The van der Waals surface area contributed by atoms with Gasteiger partial charge in [-0.15, -0.1) is 0 Å². The molecule has 2 amide bonds. The summed E-state index contributed by atoms with van der Waals surface area (Å²) in [6.45, 7) is 5.69. The molecule has 0 spiro atoms. The molecule has 0 saturated carbocycles. The summed E-state index contributed by atoms with van der Waals surface area (Å²) < 4.78 is 4.62. The molecule has 0 aliphatic carbocycles. The average molecular weight is 264 g/mol. The van der Waals surface area contributed by atoms with Gasteiger partial charge in [-0.25, -0.2) is 9.59 Å². The standard InChI is InChI=1S/C14H20N2O3/c1-4-16(5-2)14(18)15-10-11-6-8-12(9-7-11)13(17)19-3/h6-9H,4-5,10H2,1-3H3,(H,15,18). The van der Waals surface area contributed by atoms with E-state index in [0.717, 1.165) is 5.56 Å². The van der Waals surface area contributed by atoms with Gasteiger partial charge in [0.2, 0.25) is 0 Å². The fourth-order valence-corrected chi connectivity index (χ4v) is 1.68. The zero-order chi connectivity index (χ0) is 14.3. The van der Waals surface area contributed by atoms with Gasteiger partial charge in [-0.05, 0) is 31.5 Å². The number of urea groups is 1. The maximum Gasteiger partial charge on any atom is 0.337 e. The minimum Gasteiger partial charge on any atom is -0.465 e. The van der Waals surface area contributed by atoms with Crippen molar-refractivity contribution in [3.8, 4) is 0 Å². The first-order chi connectivity index (χ1) is 9.12. The highest BCUT2D eigenvalue weighted by Crippen LogP contribution is 2.05. The molecular formula is C14H20N2O3. The maximum atomic E-state index is 11.7. The molecule has 104 valence electrons. The van der Waals surface area contributed by atoms with Gasteiger partial charge < -0.3 is 15.0 Å². The molecule has 0 unspecified atom stereocenters. The van der Waals surface area contributed by atoms with Crippen LogP contribution in [0.3, 0.4) is 0 Å². The van der Waals surface area contributed by atoms with Gasteiger partial charge in [0, 0.05) is 19.6 Å². The largest absolute Gasteiger partial charge is 0.465 e. The van der Waals surface area contributed by atoms with Gasteiger partial charge >= 0.3 is 12.0 Å². The first-order valence-electron chi connectivity index (χ1n) is 6.32. The molecule has 0 saturated heterocycles. The van der Waals surface area contributed by atoms with E-state index in [1.165, 1.54) is 7.11 Å². The van der Waals surface area contributed by atoms with E-state index in [9.17, 15) is 9.59 Å². The van der Waals surface area contributed by atoms with Crippen molar-refractivity contribution in [3.63, 3.8) is 0 Å². The molecule has 1 aromatic rings. The lowest BCUT2D eigenvalue weighted by Gasteiger charge is -2.19. The number of nitrogens with zero attached hydrogens (tertiary/aromatic N) is 1. The van der Waals surface area contributed by atoms with Crippen LogP contribution in [0.5, 0.6) is 0 Å². The van der Waals surface area contributed by atoms with Gasteiger partial charge in [0.15, 0.2) is 0 Å². The predicted octanol–water partition coefficient (Wildman–Crippen LogP) is 2.02. The second-order valence-corrected chi connectivity index (χ2v) is 4.02. The summed E-state index contributed by atoms with van der Waals surface area (Å²) in [5, 5.41) is 2.83. The van der Waals surface area contributed by atoms with E-state index in [-0.39, 0.29) is 12.0 Å². The van der Waals surface area contributed by atoms with Crippen LogP contribution in [0.1, 0.15) is 29.8 Å². The number of rotatable bonds is 5. The number of amides is 2. The number of carbonyl (C=O) groups excluding carboxylic acids is 2. The van der Waals surface area contributed by atoms with Crippen LogP contribution in [0.15, 0.2) is 24.3 Å². The molecule has 5 heteroatoms. The Morgan fingerprint density at radius 2 is 1.74 bits per heavy atom.